The second-order valence-electron chi connectivity index (χ2n) is 8.50. The Morgan fingerprint density at radius 2 is 1.34 bits per heavy atom. The normalized spacial score (nSPS) is 13.2. The van der Waals surface area contributed by atoms with Crippen LogP contribution >= 0.6 is 0 Å². The van der Waals surface area contributed by atoms with E-state index >= 15 is 0 Å². The zero-order valence-corrected chi connectivity index (χ0v) is 18.3. The molecular formula is C25H29NO2S. The van der Waals surface area contributed by atoms with Crippen LogP contribution in [0.4, 0.5) is 0 Å². The van der Waals surface area contributed by atoms with E-state index in [-0.39, 0.29) is 16.2 Å². The van der Waals surface area contributed by atoms with E-state index in [1.807, 2.05) is 49.4 Å². The predicted octanol–water partition coefficient (Wildman–Crippen LogP) is 5.40. The lowest BCUT2D eigenvalue weighted by Gasteiger charge is -2.22. The molecule has 0 spiro atoms. The van der Waals surface area contributed by atoms with Gasteiger partial charge in [-0.15, -0.1) is 0 Å². The van der Waals surface area contributed by atoms with Gasteiger partial charge in [0.1, 0.15) is 0 Å². The standard InChI is InChI=1S/C25H29NO2S/c1-19-10-16-23(17-11-19)29(27,28)26-18-24(20-8-6-5-7-9-20)21-12-14-22(15-13-21)25(2,3)4/h5-17,24,26H,18H2,1-4H3. The van der Waals surface area contributed by atoms with Crippen molar-refractivity contribution in [2.24, 2.45) is 0 Å². The van der Waals surface area contributed by atoms with Gasteiger partial charge in [0.25, 0.3) is 0 Å². The number of benzene rings is 3. The van der Waals surface area contributed by atoms with Gasteiger partial charge in [0, 0.05) is 12.5 Å². The molecule has 3 aromatic rings. The third-order valence-corrected chi connectivity index (χ3v) is 6.63. The molecule has 1 unspecified atom stereocenters. The molecule has 0 aliphatic carbocycles. The van der Waals surface area contributed by atoms with Crippen LogP contribution in [0.2, 0.25) is 0 Å². The molecule has 0 radical (unpaired) electrons. The fourth-order valence-electron chi connectivity index (χ4n) is 3.32. The quantitative estimate of drug-likeness (QED) is 0.594. The first-order valence-electron chi connectivity index (χ1n) is 9.88. The van der Waals surface area contributed by atoms with Gasteiger partial charge in [-0.1, -0.05) is 93.1 Å². The fraction of sp³-hybridized carbons (Fsp3) is 0.280. The molecule has 3 rings (SSSR count). The van der Waals surface area contributed by atoms with Crippen molar-refractivity contribution in [1.82, 2.24) is 4.72 Å². The van der Waals surface area contributed by atoms with E-state index in [1.165, 1.54) is 5.56 Å². The maximum atomic E-state index is 12.8. The SMILES string of the molecule is Cc1ccc(S(=O)(=O)NCC(c2ccccc2)c2ccc(C(C)(C)C)cc2)cc1. The molecule has 0 saturated heterocycles. The van der Waals surface area contributed by atoms with E-state index in [0.717, 1.165) is 16.7 Å². The molecule has 3 aromatic carbocycles. The zero-order chi connectivity index (χ0) is 21.1. The first kappa shape index (κ1) is 21.3. The average molecular weight is 408 g/mol. The molecule has 0 bridgehead atoms. The molecule has 1 atom stereocenters. The summed E-state index contributed by atoms with van der Waals surface area (Å²) in [6.07, 6.45) is 0. The van der Waals surface area contributed by atoms with Gasteiger partial charge < -0.3 is 0 Å². The van der Waals surface area contributed by atoms with Crippen LogP contribution in [-0.2, 0) is 15.4 Å². The summed E-state index contributed by atoms with van der Waals surface area (Å²) in [4.78, 5) is 0.290. The molecule has 4 heteroatoms. The minimum atomic E-state index is -3.57. The maximum Gasteiger partial charge on any atom is 0.240 e. The number of aryl methyl sites for hydroxylation is 1. The van der Waals surface area contributed by atoms with Crippen LogP contribution in [0, 0.1) is 6.92 Å². The Morgan fingerprint density at radius 1 is 0.793 bits per heavy atom. The topological polar surface area (TPSA) is 46.2 Å². The first-order chi connectivity index (χ1) is 13.7. The molecule has 0 fully saturated rings. The summed E-state index contributed by atoms with van der Waals surface area (Å²) in [6, 6.07) is 25.4. The Bertz CT molecular complexity index is 1030. The molecule has 3 nitrogen and oxygen atoms in total. The lowest BCUT2D eigenvalue weighted by atomic mass is 9.84. The Morgan fingerprint density at radius 3 is 1.90 bits per heavy atom. The third kappa shape index (κ3) is 5.34. The highest BCUT2D eigenvalue weighted by Gasteiger charge is 2.20. The summed E-state index contributed by atoms with van der Waals surface area (Å²) in [7, 11) is -3.57. The number of hydrogen-bond acceptors (Lipinski definition) is 2. The Hall–Kier alpha value is -2.43. The second kappa shape index (κ2) is 8.52. The van der Waals surface area contributed by atoms with Crippen molar-refractivity contribution >= 4 is 10.0 Å². The van der Waals surface area contributed by atoms with Gasteiger partial charge in [0.2, 0.25) is 10.0 Å². The van der Waals surface area contributed by atoms with Crippen molar-refractivity contribution in [3.8, 4) is 0 Å². The number of hydrogen-bond donors (Lipinski definition) is 1. The number of nitrogens with one attached hydrogen (secondary N) is 1. The second-order valence-corrected chi connectivity index (χ2v) is 10.3. The van der Waals surface area contributed by atoms with E-state index in [9.17, 15) is 8.42 Å². The van der Waals surface area contributed by atoms with Crippen LogP contribution < -0.4 is 4.72 Å². The molecule has 0 aromatic heterocycles. The summed E-state index contributed by atoms with van der Waals surface area (Å²) in [5, 5.41) is 0. The predicted molar refractivity (Wildman–Crippen MR) is 120 cm³/mol. The lowest BCUT2D eigenvalue weighted by molar-refractivity contribution is 0.577. The highest BCUT2D eigenvalue weighted by Crippen LogP contribution is 2.28. The molecule has 0 aliphatic heterocycles. The van der Waals surface area contributed by atoms with Crippen molar-refractivity contribution in [2.75, 3.05) is 6.54 Å². The Balaban J connectivity index is 1.88. The molecule has 1 N–H and O–H groups in total. The number of sulfonamides is 1. The largest absolute Gasteiger partial charge is 0.240 e. The molecule has 0 aliphatic rings. The van der Waals surface area contributed by atoms with Crippen molar-refractivity contribution in [2.45, 2.75) is 43.9 Å². The third-order valence-electron chi connectivity index (χ3n) is 5.19. The number of rotatable bonds is 6. The summed E-state index contributed by atoms with van der Waals surface area (Å²) >= 11 is 0. The van der Waals surface area contributed by atoms with Gasteiger partial charge in [0.05, 0.1) is 4.90 Å². The van der Waals surface area contributed by atoms with E-state index in [0.29, 0.717) is 6.54 Å². The molecule has 29 heavy (non-hydrogen) atoms. The first-order valence-corrected chi connectivity index (χ1v) is 11.4. The average Bonchev–Trinajstić information content (AvgIpc) is 2.69. The van der Waals surface area contributed by atoms with Gasteiger partial charge in [-0.3, -0.25) is 0 Å². The van der Waals surface area contributed by atoms with Gasteiger partial charge in [0.15, 0.2) is 0 Å². The summed E-state index contributed by atoms with van der Waals surface area (Å²) in [5.74, 6) is -0.0644. The Labute approximate surface area is 174 Å². The highest BCUT2D eigenvalue weighted by molar-refractivity contribution is 7.89. The van der Waals surface area contributed by atoms with Crippen molar-refractivity contribution in [3.63, 3.8) is 0 Å². The minimum absolute atomic E-state index is 0.0644. The van der Waals surface area contributed by atoms with Gasteiger partial charge in [-0.05, 0) is 41.2 Å². The smallest absolute Gasteiger partial charge is 0.210 e. The van der Waals surface area contributed by atoms with Gasteiger partial charge in [-0.2, -0.15) is 0 Å². The molecule has 0 saturated carbocycles. The highest BCUT2D eigenvalue weighted by atomic mass is 32.2. The van der Waals surface area contributed by atoms with Crippen molar-refractivity contribution < 1.29 is 8.42 Å². The van der Waals surface area contributed by atoms with Crippen molar-refractivity contribution in [1.29, 1.82) is 0 Å². The minimum Gasteiger partial charge on any atom is -0.210 e. The van der Waals surface area contributed by atoms with E-state index in [4.69, 9.17) is 0 Å². The summed E-state index contributed by atoms with van der Waals surface area (Å²) < 4.78 is 28.4. The molecule has 152 valence electrons. The van der Waals surface area contributed by atoms with Crippen LogP contribution in [0.5, 0.6) is 0 Å². The zero-order valence-electron chi connectivity index (χ0n) is 17.5. The van der Waals surface area contributed by atoms with Crippen molar-refractivity contribution in [3.05, 3.63) is 101 Å². The van der Waals surface area contributed by atoms with Crippen LogP contribution in [0.3, 0.4) is 0 Å². The molecular weight excluding hydrogens is 378 g/mol. The maximum absolute atomic E-state index is 12.8. The lowest BCUT2D eigenvalue weighted by Crippen LogP contribution is -2.29. The van der Waals surface area contributed by atoms with Crippen LogP contribution in [0.1, 0.15) is 48.9 Å². The van der Waals surface area contributed by atoms with Gasteiger partial charge in [-0.25, -0.2) is 13.1 Å². The molecule has 0 heterocycles. The fourth-order valence-corrected chi connectivity index (χ4v) is 4.37. The summed E-state index contributed by atoms with van der Waals surface area (Å²) in [5.41, 5.74) is 4.55. The van der Waals surface area contributed by atoms with Crippen LogP contribution in [0.25, 0.3) is 0 Å². The van der Waals surface area contributed by atoms with Crippen LogP contribution in [-0.4, -0.2) is 15.0 Å². The monoisotopic (exact) mass is 407 g/mol. The van der Waals surface area contributed by atoms with Crippen LogP contribution in [0.15, 0.2) is 83.8 Å². The van der Waals surface area contributed by atoms with E-state index in [2.05, 4.69) is 49.8 Å². The van der Waals surface area contributed by atoms with E-state index < -0.39 is 10.0 Å². The Kier molecular flexibility index (Phi) is 6.25. The molecule has 0 amide bonds. The van der Waals surface area contributed by atoms with Gasteiger partial charge >= 0.3 is 0 Å². The van der Waals surface area contributed by atoms with E-state index in [1.54, 1.807) is 12.1 Å². The summed E-state index contributed by atoms with van der Waals surface area (Å²) in [6.45, 7) is 8.80.